The van der Waals surface area contributed by atoms with Gasteiger partial charge in [0, 0.05) is 10.6 Å². The second-order valence-electron chi connectivity index (χ2n) is 5.38. The van der Waals surface area contributed by atoms with Crippen LogP contribution in [-0.2, 0) is 4.79 Å². The monoisotopic (exact) mass is 373 g/mol. The quantitative estimate of drug-likeness (QED) is 0.605. The summed E-state index contributed by atoms with van der Waals surface area (Å²) in [5.74, 6) is -2.90. The fourth-order valence-electron chi connectivity index (χ4n) is 2.54. The molecule has 0 spiro atoms. The van der Waals surface area contributed by atoms with Crippen LogP contribution >= 0.6 is 11.6 Å². The van der Waals surface area contributed by atoms with E-state index in [2.05, 4.69) is 0 Å². The molecule has 2 aromatic carbocycles. The van der Waals surface area contributed by atoms with Gasteiger partial charge in [-0.2, -0.15) is 0 Å². The summed E-state index contributed by atoms with van der Waals surface area (Å²) in [5.41, 5.74) is -0.468. The van der Waals surface area contributed by atoms with Gasteiger partial charge in [0.15, 0.2) is 5.56 Å². The van der Waals surface area contributed by atoms with Crippen LogP contribution in [0.4, 0.5) is 0 Å². The summed E-state index contributed by atoms with van der Waals surface area (Å²) in [7, 11) is 0. The molecule has 0 radical (unpaired) electrons. The van der Waals surface area contributed by atoms with Crippen LogP contribution in [0, 0.1) is 0 Å². The largest absolute Gasteiger partial charge is 0.506 e. The Morgan fingerprint density at radius 1 is 1.15 bits per heavy atom. The Morgan fingerprint density at radius 3 is 2.58 bits per heavy atom. The zero-order valence-corrected chi connectivity index (χ0v) is 13.9. The third kappa shape index (κ3) is 3.25. The van der Waals surface area contributed by atoms with Crippen LogP contribution in [0.15, 0.2) is 51.7 Å². The number of aromatic hydroxyl groups is 1. The van der Waals surface area contributed by atoms with Crippen molar-refractivity contribution >= 4 is 34.4 Å². The minimum Gasteiger partial charge on any atom is -0.506 e. The first-order chi connectivity index (χ1) is 12.4. The minimum atomic E-state index is -1.29. The molecular weight excluding hydrogens is 362 g/mol. The number of rotatable bonds is 4. The first-order valence-electron chi connectivity index (χ1n) is 7.43. The molecule has 0 unspecified atom stereocenters. The van der Waals surface area contributed by atoms with Gasteiger partial charge in [0.2, 0.25) is 0 Å². The van der Waals surface area contributed by atoms with Crippen molar-refractivity contribution in [3.63, 3.8) is 0 Å². The van der Waals surface area contributed by atoms with Crippen molar-refractivity contribution in [2.75, 3.05) is 6.54 Å². The first-order valence-corrected chi connectivity index (χ1v) is 7.81. The van der Waals surface area contributed by atoms with E-state index >= 15 is 0 Å². The topological polar surface area (TPSA) is 117 Å². The minimum absolute atomic E-state index is 0.0899. The molecule has 8 heteroatoms. The van der Waals surface area contributed by atoms with E-state index in [1.807, 2.05) is 5.32 Å². The van der Waals surface area contributed by atoms with E-state index in [1.165, 1.54) is 6.07 Å². The standard InChI is InChI=1S/C18H12ClNO6/c19-10-4-1-3-9(7-10)11-5-2-6-12-15(23)14(18(25)26-16(11)12)17(24)20-8-13(21)22/h1-7,23H,8H2,(H,20,24)(H,21,22). The molecule has 7 nitrogen and oxygen atoms in total. The van der Waals surface area contributed by atoms with Crippen LogP contribution in [0.2, 0.25) is 5.02 Å². The molecule has 0 bridgehead atoms. The summed E-state index contributed by atoms with van der Waals surface area (Å²) in [6.07, 6.45) is 0. The highest BCUT2D eigenvalue weighted by molar-refractivity contribution is 6.30. The van der Waals surface area contributed by atoms with Gasteiger partial charge in [-0.25, -0.2) is 4.79 Å². The molecule has 3 aromatic rings. The van der Waals surface area contributed by atoms with E-state index in [9.17, 15) is 19.5 Å². The van der Waals surface area contributed by atoms with Crippen LogP contribution in [0.5, 0.6) is 5.75 Å². The fraction of sp³-hybridized carbons (Fsp3) is 0.0556. The van der Waals surface area contributed by atoms with Gasteiger partial charge in [-0.15, -0.1) is 0 Å². The first kappa shape index (κ1) is 17.5. The highest BCUT2D eigenvalue weighted by Crippen LogP contribution is 2.34. The number of fused-ring (bicyclic) bond motifs is 1. The smallest absolute Gasteiger partial charge is 0.353 e. The molecular formula is C18H12ClNO6. The SMILES string of the molecule is O=C(O)CNC(=O)c1c(O)c2cccc(-c3cccc(Cl)c3)c2oc1=O. The van der Waals surface area contributed by atoms with Crippen molar-refractivity contribution < 1.29 is 24.2 Å². The number of nitrogens with one attached hydrogen (secondary N) is 1. The Labute approximate surface area is 151 Å². The van der Waals surface area contributed by atoms with Crippen LogP contribution in [-0.4, -0.2) is 28.6 Å². The van der Waals surface area contributed by atoms with Crippen LogP contribution in [0.3, 0.4) is 0 Å². The lowest BCUT2D eigenvalue weighted by Gasteiger charge is -2.10. The summed E-state index contributed by atoms with van der Waals surface area (Å²) in [6, 6.07) is 11.6. The third-order valence-corrected chi connectivity index (χ3v) is 3.90. The molecule has 132 valence electrons. The fourth-order valence-corrected chi connectivity index (χ4v) is 2.73. The summed E-state index contributed by atoms with van der Waals surface area (Å²) in [6.45, 7) is -0.696. The van der Waals surface area contributed by atoms with Crippen LogP contribution in [0.25, 0.3) is 22.1 Å². The predicted octanol–water partition coefficient (Wildman–Crippen LogP) is 2.63. The Kier molecular flexibility index (Phi) is 4.64. The molecule has 0 atom stereocenters. The lowest BCUT2D eigenvalue weighted by molar-refractivity contribution is -0.135. The van der Waals surface area contributed by atoms with Crippen molar-refractivity contribution in [1.29, 1.82) is 0 Å². The van der Waals surface area contributed by atoms with Crippen molar-refractivity contribution in [2.45, 2.75) is 0 Å². The normalized spacial score (nSPS) is 10.7. The van der Waals surface area contributed by atoms with Gasteiger partial charge in [-0.05, 0) is 23.8 Å². The third-order valence-electron chi connectivity index (χ3n) is 3.67. The summed E-state index contributed by atoms with van der Waals surface area (Å²) in [4.78, 5) is 34.8. The van der Waals surface area contributed by atoms with E-state index in [0.29, 0.717) is 16.1 Å². The number of carbonyl (C=O) groups is 2. The Bertz CT molecular complexity index is 1090. The molecule has 3 N–H and O–H groups in total. The van der Waals surface area contributed by atoms with Gasteiger partial charge in [0.25, 0.3) is 5.91 Å². The number of halogens is 1. The van der Waals surface area contributed by atoms with Crippen molar-refractivity contribution in [2.24, 2.45) is 0 Å². The van der Waals surface area contributed by atoms with Crippen LogP contribution < -0.4 is 10.9 Å². The maximum Gasteiger partial charge on any atom is 0.353 e. The number of aliphatic carboxylic acids is 1. The molecule has 26 heavy (non-hydrogen) atoms. The average Bonchev–Trinajstić information content (AvgIpc) is 2.59. The number of carbonyl (C=O) groups excluding carboxylic acids is 1. The zero-order chi connectivity index (χ0) is 18.8. The van der Waals surface area contributed by atoms with Gasteiger partial charge in [0.05, 0.1) is 5.39 Å². The van der Waals surface area contributed by atoms with E-state index in [-0.39, 0.29) is 11.0 Å². The van der Waals surface area contributed by atoms with E-state index in [1.54, 1.807) is 36.4 Å². The Morgan fingerprint density at radius 2 is 1.88 bits per heavy atom. The van der Waals surface area contributed by atoms with Gasteiger partial charge >= 0.3 is 11.6 Å². The maximum atomic E-state index is 12.2. The average molecular weight is 374 g/mol. The molecule has 1 aromatic heterocycles. The van der Waals surface area contributed by atoms with Crippen molar-refractivity contribution in [1.82, 2.24) is 5.32 Å². The molecule has 0 saturated carbocycles. The number of amides is 1. The number of benzene rings is 2. The van der Waals surface area contributed by atoms with E-state index in [4.69, 9.17) is 21.1 Å². The molecule has 3 rings (SSSR count). The van der Waals surface area contributed by atoms with Crippen molar-refractivity contribution in [3.8, 4) is 16.9 Å². The van der Waals surface area contributed by atoms with Gasteiger partial charge in [-0.1, -0.05) is 35.9 Å². The highest BCUT2D eigenvalue weighted by Gasteiger charge is 2.22. The molecule has 1 heterocycles. The number of hydrogen-bond donors (Lipinski definition) is 3. The molecule has 0 fully saturated rings. The zero-order valence-electron chi connectivity index (χ0n) is 13.2. The number of hydrogen-bond acceptors (Lipinski definition) is 5. The van der Waals surface area contributed by atoms with Gasteiger partial charge < -0.3 is 19.9 Å². The second-order valence-corrected chi connectivity index (χ2v) is 5.82. The summed E-state index contributed by atoms with van der Waals surface area (Å²) < 4.78 is 5.26. The maximum absolute atomic E-state index is 12.2. The molecule has 0 aliphatic carbocycles. The van der Waals surface area contributed by atoms with Gasteiger partial charge in [-0.3, -0.25) is 9.59 Å². The number of carboxylic acid groups (broad SMARTS) is 1. The molecule has 1 amide bonds. The Hall–Kier alpha value is -3.32. The Balaban J connectivity index is 2.18. The number of para-hydroxylation sites is 1. The van der Waals surface area contributed by atoms with Crippen LogP contribution in [0.1, 0.15) is 10.4 Å². The summed E-state index contributed by atoms with van der Waals surface area (Å²) >= 11 is 5.99. The second kappa shape index (κ2) is 6.89. The lowest BCUT2D eigenvalue weighted by atomic mass is 10.0. The molecule has 0 aliphatic heterocycles. The summed E-state index contributed by atoms with van der Waals surface area (Å²) in [5, 5.41) is 21.7. The van der Waals surface area contributed by atoms with Gasteiger partial charge in [0.1, 0.15) is 17.9 Å². The number of carboxylic acids is 1. The van der Waals surface area contributed by atoms with Crippen molar-refractivity contribution in [3.05, 3.63) is 63.5 Å². The van der Waals surface area contributed by atoms with E-state index in [0.717, 1.165) is 0 Å². The van der Waals surface area contributed by atoms with E-state index < -0.39 is 35.4 Å². The predicted molar refractivity (Wildman–Crippen MR) is 94.6 cm³/mol. The molecule has 0 aliphatic rings. The highest BCUT2D eigenvalue weighted by atomic mass is 35.5. The lowest BCUT2D eigenvalue weighted by Crippen LogP contribution is -2.32. The molecule has 0 saturated heterocycles.